The van der Waals surface area contributed by atoms with E-state index in [1.807, 2.05) is 35.4 Å². The second kappa shape index (κ2) is 7.51. The van der Waals surface area contributed by atoms with Gasteiger partial charge in [-0.3, -0.25) is 9.67 Å². The van der Waals surface area contributed by atoms with E-state index in [2.05, 4.69) is 64.5 Å². The van der Waals surface area contributed by atoms with Crippen molar-refractivity contribution in [3.8, 4) is 11.1 Å². The smallest absolute Gasteiger partial charge is 0.131 e. The average molecular weight is 381 g/mol. The van der Waals surface area contributed by atoms with Gasteiger partial charge in [0.25, 0.3) is 0 Å². The summed E-state index contributed by atoms with van der Waals surface area (Å²) in [6.45, 7) is 4.68. The fraction of sp³-hybridized carbons (Fsp3) is 0.208. The van der Waals surface area contributed by atoms with Crippen LogP contribution in [-0.2, 0) is 19.5 Å². The van der Waals surface area contributed by atoms with Gasteiger partial charge in [0.15, 0.2) is 0 Å². The number of hydrogen-bond acceptors (Lipinski definition) is 4. The van der Waals surface area contributed by atoms with Gasteiger partial charge >= 0.3 is 0 Å². The fourth-order valence-corrected chi connectivity index (χ4v) is 3.94. The topological polar surface area (TPSA) is 46.8 Å². The molecule has 1 aliphatic heterocycles. The number of fused-ring (bicyclic) bond motifs is 1. The molecular formula is C24H23N5. The lowest BCUT2D eigenvalue weighted by Crippen LogP contribution is -2.32. The van der Waals surface area contributed by atoms with Crippen LogP contribution in [0.3, 0.4) is 0 Å². The minimum atomic E-state index is 0.770. The van der Waals surface area contributed by atoms with E-state index >= 15 is 0 Å². The van der Waals surface area contributed by atoms with Crippen LogP contribution in [0.2, 0.25) is 0 Å². The van der Waals surface area contributed by atoms with E-state index in [-0.39, 0.29) is 0 Å². The van der Waals surface area contributed by atoms with Gasteiger partial charge in [-0.05, 0) is 35.7 Å². The van der Waals surface area contributed by atoms with Crippen LogP contribution in [-0.4, -0.2) is 26.3 Å². The highest BCUT2D eigenvalue weighted by molar-refractivity contribution is 5.62. The first kappa shape index (κ1) is 17.6. The van der Waals surface area contributed by atoms with Gasteiger partial charge < -0.3 is 4.90 Å². The second-order valence-corrected chi connectivity index (χ2v) is 7.56. The molecule has 4 aromatic rings. The minimum Gasteiger partial charge on any atom is -0.352 e. The molecule has 0 spiro atoms. The molecule has 1 aliphatic rings. The molecule has 0 aliphatic carbocycles. The van der Waals surface area contributed by atoms with Gasteiger partial charge in [0, 0.05) is 54.9 Å². The summed E-state index contributed by atoms with van der Waals surface area (Å²) in [5.41, 5.74) is 7.13. The molecule has 144 valence electrons. The molecule has 3 aromatic heterocycles. The monoisotopic (exact) mass is 381 g/mol. The van der Waals surface area contributed by atoms with Gasteiger partial charge in [0.05, 0.1) is 12.7 Å². The third-order valence-corrected chi connectivity index (χ3v) is 5.47. The first-order chi connectivity index (χ1) is 14.3. The molecule has 29 heavy (non-hydrogen) atoms. The predicted octanol–water partition coefficient (Wildman–Crippen LogP) is 4.26. The minimum absolute atomic E-state index is 0.770. The summed E-state index contributed by atoms with van der Waals surface area (Å²) in [4.78, 5) is 11.7. The van der Waals surface area contributed by atoms with E-state index in [1.165, 1.54) is 22.4 Å². The van der Waals surface area contributed by atoms with Crippen LogP contribution in [0.4, 0.5) is 5.82 Å². The summed E-state index contributed by atoms with van der Waals surface area (Å²) in [6.07, 6.45) is 8.81. The Morgan fingerprint density at radius 3 is 2.72 bits per heavy atom. The normalized spacial score (nSPS) is 13.3. The molecule has 0 atom stereocenters. The summed E-state index contributed by atoms with van der Waals surface area (Å²) in [6, 6.07) is 16.8. The van der Waals surface area contributed by atoms with Crippen molar-refractivity contribution >= 4 is 5.82 Å². The molecule has 0 bridgehead atoms. The molecule has 0 fully saturated rings. The van der Waals surface area contributed by atoms with Crippen LogP contribution in [0, 0.1) is 6.92 Å². The van der Waals surface area contributed by atoms with Gasteiger partial charge in [0.2, 0.25) is 0 Å². The molecule has 0 N–H and O–H groups in total. The van der Waals surface area contributed by atoms with E-state index in [0.29, 0.717) is 0 Å². The highest BCUT2D eigenvalue weighted by Crippen LogP contribution is 2.27. The maximum atomic E-state index is 4.76. The Bertz CT molecular complexity index is 1130. The lowest BCUT2D eigenvalue weighted by atomic mass is 10.0. The highest BCUT2D eigenvalue weighted by atomic mass is 15.3. The molecule has 5 nitrogen and oxygen atoms in total. The molecule has 0 amide bonds. The molecule has 0 unspecified atom stereocenters. The van der Waals surface area contributed by atoms with Crippen molar-refractivity contribution in [3.05, 3.63) is 95.7 Å². The Balaban J connectivity index is 1.39. The number of nitrogens with zero attached hydrogens (tertiary/aromatic N) is 5. The Morgan fingerprint density at radius 2 is 1.86 bits per heavy atom. The van der Waals surface area contributed by atoms with E-state index in [4.69, 9.17) is 4.98 Å². The fourth-order valence-electron chi connectivity index (χ4n) is 3.94. The molecule has 0 saturated heterocycles. The molecule has 0 radical (unpaired) electrons. The predicted molar refractivity (Wildman–Crippen MR) is 115 cm³/mol. The van der Waals surface area contributed by atoms with Gasteiger partial charge in [-0.2, -0.15) is 5.10 Å². The van der Waals surface area contributed by atoms with Crippen LogP contribution in [0.15, 0.2) is 73.3 Å². The average Bonchev–Trinajstić information content (AvgIpc) is 3.22. The van der Waals surface area contributed by atoms with Crippen LogP contribution in [0.25, 0.3) is 11.1 Å². The summed E-state index contributed by atoms with van der Waals surface area (Å²) < 4.78 is 1.98. The maximum Gasteiger partial charge on any atom is 0.131 e. The summed E-state index contributed by atoms with van der Waals surface area (Å²) in [5, 5.41) is 4.54. The number of benzene rings is 1. The van der Waals surface area contributed by atoms with Crippen molar-refractivity contribution in [1.82, 2.24) is 19.7 Å². The zero-order valence-corrected chi connectivity index (χ0v) is 16.5. The van der Waals surface area contributed by atoms with Gasteiger partial charge in [-0.25, -0.2) is 4.98 Å². The maximum absolute atomic E-state index is 4.76. The third-order valence-electron chi connectivity index (χ3n) is 5.47. The van der Waals surface area contributed by atoms with Crippen molar-refractivity contribution in [2.45, 2.75) is 26.4 Å². The number of pyridine rings is 2. The molecule has 1 aromatic carbocycles. The summed E-state index contributed by atoms with van der Waals surface area (Å²) >= 11 is 0. The lowest BCUT2D eigenvalue weighted by Gasteiger charge is -2.30. The first-order valence-electron chi connectivity index (χ1n) is 9.97. The van der Waals surface area contributed by atoms with Crippen molar-refractivity contribution in [1.29, 1.82) is 0 Å². The molecule has 5 heteroatoms. The SMILES string of the molecule is Cc1cccnc1N1CCc2ncc(-c3cnn(Cc4ccccc4)c3)cc2C1. The number of aromatic nitrogens is 4. The Kier molecular flexibility index (Phi) is 4.56. The number of rotatable bonds is 4. The lowest BCUT2D eigenvalue weighted by molar-refractivity contribution is 0.687. The van der Waals surface area contributed by atoms with Gasteiger partial charge in [0.1, 0.15) is 5.82 Å². The van der Waals surface area contributed by atoms with Crippen LogP contribution in [0.5, 0.6) is 0 Å². The van der Waals surface area contributed by atoms with Gasteiger partial charge in [-0.1, -0.05) is 36.4 Å². The van der Waals surface area contributed by atoms with E-state index < -0.39 is 0 Å². The van der Waals surface area contributed by atoms with Crippen LogP contribution < -0.4 is 4.90 Å². The van der Waals surface area contributed by atoms with Crippen LogP contribution >= 0.6 is 0 Å². The highest BCUT2D eigenvalue weighted by Gasteiger charge is 2.20. The van der Waals surface area contributed by atoms with E-state index in [9.17, 15) is 0 Å². The Hall–Kier alpha value is -3.47. The number of aryl methyl sites for hydroxylation is 1. The standard InChI is InChI=1S/C24H23N5/c1-18-6-5-10-25-24(18)28-11-9-23-21(16-28)12-20(13-26-23)22-14-27-29(17-22)15-19-7-3-2-4-8-19/h2-8,10,12-14,17H,9,11,15-16H2,1H3. The third kappa shape index (κ3) is 3.63. The Labute approximate surface area is 170 Å². The second-order valence-electron chi connectivity index (χ2n) is 7.56. The van der Waals surface area contributed by atoms with Crippen molar-refractivity contribution < 1.29 is 0 Å². The summed E-state index contributed by atoms with van der Waals surface area (Å²) in [5.74, 6) is 1.07. The zero-order valence-electron chi connectivity index (χ0n) is 16.5. The molecule has 5 rings (SSSR count). The van der Waals surface area contributed by atoms with Crippen molar-refractivity contribution in [2.24, 2.45) is 0 Å². The van der Waals surface area contributed by atoms with E-state index in [1.54, 1.807) is 0 Å². The molecule has 4 heterocycles. The quantitative estimate of drug-likeness (QED) is 0.530. The largest absolute Gasteiger partial charge is 0.352 e. The first-order valence-corrected chi connectivity index (χ1v) is 9.97. The zero-order chi connectivity index (χ0) is 19.6. The summed E-state index contributed by atoms with van der Waals surface area (Å²) in [7, 11) is 0. The van der Waals surface area contributed by atoms with Crippen LogP contribution in [0.1, 0.15) is 22.4 Å². The molecular weight excluding hydrogens is 358 g/mol. The molecule has 0 saturated carbocycles. The Morgan fingerprint density at radius 1 is 0.966 bits per heavy atom. The van der Waals surface area contributed by atoms with Gasteiger partial charge in [-0.15, -0.1) is 0 Å². The number of hydrogen-bond donors (Lipinski definition) is 0. The van der Waals surface area contributed by atoms with Crippen molar-refractivity contribution in [3.63, 3.8) is 0 Å². The van der Waals surface area contributed by atoms with Crippen molar-refractivity contribution in [2.75, 3.05) is 11.4 Å². The number of anilines is 1. The van der Waals surface area contributed by atoms with E-state index in [0.717, 1.165) is 43.0 Å².